The zero-order chi connectivity index (χ0) is 13.0. The van der Waals surface area contributed by atoms with Gasteiger partial charge < -0.3 is 5.32 Å². The Kier molecular flexibility index (Phi) is 3.54. The Bertz CT molecular complexity index is 599. The fraction of sp³-hybridized carbons (Fsp3) is 0.214. The molecule has 0 aliphatic heterocycles. The smallest absolute Gasteiger partial charge is 0.146 e. The van der Waals surface area contributed by atoms with E-state index in [1.807, 2.05) is 24.3 Å². The van der Waals surface area contributed by atoms with Gasteiger partial charge in [-0.1, -0.05) is 25.1 Å². The molecule has 0 bridgehead atoms. The molecule has 0 spiro atoms. The van der Waals surface area contributed by atoms with Gasteiger partial charge in [0.1, 0.15) is 23.4 Å². The third kappa shape index (κ3) is 2.64. The van der Waals surface area contributed by atoms with Crippen molar-refractivity contribution >= 4 is 11.5 Å². The Morgan fingerprint density at radius 1 is 1.28 bits per heavy atom. The Morgan fingerprint density at radius 3 is 2.78 bits per heavy atom. The van der Waals surface area contributed by atoms with E-state index >= 15 is 0 Å². The second-order valence-corrected chi connectivity index (χ2v) is 3.93. The number of nitrogens with one attached hydrogen (secondary N) is 1. The van der Waals surface area contributed by atoms with E-state index in [1.54, 1.807) is 13.0 Å². The fourth-order valence-electron chi connectivity index (χ4n) is 1.78. The topological polar surface area (TPSA) is 61.6 Å². The maximum absolute atomic E-state index is 8.89. The summed E-state index contributed by atoms with van der Waals surface area (Å²) < 4.78 is 0. The summed E-state index contributed by atoms with van der Waals surface area (Å²) in [5, 5.41) is 12.1. The fourth-order valence-corrected chi connectivity index (χ4v) is 1.78. The van der Waals surface area contributed by atoms with Crippen molar-refractivity contribution in [3.05, 3.63) is 47.4 Å². The second-order valence-electron chi connectivity index (χ2n) is 3.93. The van der Waals surface area contributed by atoms with E-state index in [2.05, 4.69) is 28.3 Å². The predicted octanol–water partition coefficient (Wildman–Crippen LogP) is 2.96. The van der Waals surface area contributed by atoms with Gasteiger partial charge in [0.05, 0.1) is 0 Å². The molecule has 1 heterocycles. The third-order valence-electron chi connectivity index (χ3n) is 2.61. The summed E-state index contributed by atoms with van der Waals surface area (Å²) in [6, 6.07) is 11.7. The van der Waals surface area contributed by atoms with Gasteiger partial charge >= 0.3 is 0 Å². The maximum atomic E-state index is 8.89. The Morgan fingerprint density at radius 2 is 2.06 bits per heavy atom. The molecule has 0 fully saturated rings. The molecule has 0 radical (unpaired) electrons. The van der Waals surface area contributed by atoms with Crippen molar-refractivity contribution in [2.24, 2.45) is 0 Å². The molecule has 4 nitrogen and oxygen atoms in total. The summed E-state index contributed by atoms with van der Waals surface area (Å²) in [7, 11) is 0. The number of hydrogen-bond acceptors (Lipinski definition) is 4. The van der Waals surface area contributed by atoms with Crippen LogP contribution in [0.3, 0.4) is 0 Å². The Labute approximate surface area is 106 Å². The minimum Gasteiger partial charge on any atom is -0.340 e. The van der Waals surface area contributed by atoms with E-state index in [0.29, 0.717) is 17.3 Å². The van der Waals surface area contributed by atoms with Crippen molar-refractivity contribution in [2.45, 2.75) is 20.3 Å². The molecule has 0 saturated heterocycles. The van der Waals surface area contributed by atoms with Crippen molar-refractivity contribution in [3.63, 3.8) is 0 Å². The Balaban J connectivity index is 2.34. The first-order valence-corrected chi connectivity index (χ1v) is 5.83. The second kappa shape index (κ2) is 5.28. The molecule has 90 valence electrons. The Hall–Kier alpha value is -2.41. The third-order valence-corrected chi connectivity index (χ3v) is 2.61. The molecule has 4 heteroatoms. The minimum atomic E-state index is 0.374. The summed E-state index contributed by atoms with van der Waals surface area (Å²) in [6.07, 6.45) is 0.943. The zero-order valence-electron chi connectivity index (χ0n) is 10.4. The van der Waals surface area contributed by atoms with Crippen molar-refractivity contribution in [1.29, 1.82) is 5.26 Å². The summed E-state index contributed by atoms with van der Waals surface area (Å²) in [6.45, 7) is 3.88. The SMILES string of the molecule is CCc1ccccc1Nc1cc(C#N)nc(C)n1. The highest BCUT2D eigenvalue weighted by atomic mass is 15.0. The first-order valence-electron chi connectivity index (χ1n) is 5.83. The number of aromatic nitrogens is 2. The lowest BCUT2D eigenvalue weighted by Gasteiger charge is -2.10. The van der Waals surface area contributed by atoms with Crippen LogP contribution in [0.2, 0.25) is 0 Å². The van der Waals surface area contributed by atoms with E-state index in [0.717, 1.165) is 12.1 Å². The number of para-hydroxylation sites is 1. The van der Waals surface area contributed by atoms with Gasteiger partial charge in [0.25, 0.3) is 0 Å². The summed E-state index contributed by atoms with van der Waals surface area (Å²) in [5.41, 5.74) is 2.60. The lowest BCUT2D eigenvalue weighted by molar-refractivity contribution is 1.04. The standard InChI is InChI=1S/C14H14N4/c1-3-11-6-4-5-7-13(11)18-14-8-12(9-15)16-10(2)17-14/h4-8H,3H2,1-2H3,(H,16,17,18). The predicted molar refractivity (Wildman–Crippen MR) is 70.6 cm³/mol. The molecule has 0 unspecified atom stereocenters. The van der Waals surface area contributed by atoms with Gasteiger partial charge in [-0.2, -0.15) is 5.26 Å². The van der Waals surface area contributed by atoms with Gasteiger partial charge in [-0.25, -0.2) is 9.97 Å². The van der Waals surface area contributed by atoms with Crippen LogP contribution in [0.25, 0.3) is 0 Å². The molecule has 0 amide bonds. The van der Waals surface area contributed by atoms with Crippen molar-refractivity contribution in [1.82, 2.24) is 9.97 Å². The summed E-state index contributed by atoms with van der Waals surface area (Å²) >= 11 is 0. The number of nitriles is 1. The number of anilines is 2. The molecule has 0 aliphatic carbocycles. The first-order chi connectivity index (χ1) is 8.72. The molecule has 0 aliphatic rings. The van der Waals surface area contributed by atoms with Crippen LogP contribution in [0.1, 0.15) is 24.0 Å². The molecule has 0 atom stereocenters. The van der Waals surface area contributed by atoms with Crippen LogP contribution in [0.5, 0.6) is 0 Å². The molecule has 1 aromatic carbocycles. The van der Waals surface area contributed by atoms with Gasteiger partial charge in [0, 0.05) is 11.8 Å². The minimum absolute atomic E-state index is 0.374. The van der Waals surface area contributed by atoms with Crippen molar-refractivity contribution in [2.75, 3.05) is 5.32 Å². The van der Waals surface area contributed by atoms with E-state index in [4.69, 9.17) is 5.26 Å². The summed E-state index contributed by atoms with van der Waals surface area (Å²) in [4.78, 5) is 8.30. The monoisotopic (exact) mass is 238 g/mol. The highest BCUT2D eigenvalue weighted by molar-refractivity contribution is 5.61. The number of aryl methyl sites for hydroxylation is 2. The van der Waals surface area contributed by atoms with Gasteiger partial charge in [-0.3, -0.25) is 0 Å². The van der Waals surface area contributed by atoms with Gasteiger partial charge in [0.15, 0.2) is 0 Å². The molecule has 1 N–H and O–H groups in total. The number of rotatable bonds is 3. The van der Waals surface area contributed by atoms with E-state index in [-0.39, 0.29) is 0 Å². The average molecular weight is 238 g/mol. The molecule has 1 aromatic heterocycles. The van der Waals surface area contributed by atoms with E-state index < -0.39 is 0 Å². The van der Waals surface area contributed by atoms with E-state index in [1.165, 1.54) is 5.56 Å². The highest BCUT2D eigenvalue weighted by Crippen LogP contribution is 2.20. The molecular weight excluding hydrogens is 224 g/mol. The lowest BCUT2D eigenvalue weighted by atomic mass is 10.1. The average Bonchev–Trinajstić information content (AvgIpc) is 2.38. The molecule has 2 aromatic rings. The molecular formula is C14H14N4. The number of hydrogen-bond donors (Lipinski definition) is 1. The lowest BCUT2D eigenvalue weighted by Crippen LogP contribution is -2.01. The van der Waals surface area contributed by atoms with Gasteiger partial charge in [0.2, 0.25) is 0 Å². The first kappa shape index (κ1) is 12.1. The quantitative estimate of drug-likeness (QED) is 0.893. The number of benzene rings is 1. The maximum Gasteiger partial charge on any atom is 0.146 e. The van der Waals surface area contributed by atoms with Crippen LogP contribution in [0.4, 0.5) is 11.5 Å². The normalized spacial score (nSPS) is 9.83. The molecule has 18 heavy (non-hydrogen) atoms. The van der Waals surface area contributed by atoms with Crippen molar-refractivity contribution in [3.8, 4) is 6.07 Å². The van der Waals surface area contributed by atoms with Crippen LogP contribution in [0.15, 0.2) is 30.3 Å². The van der Waals surface area contributed by atoms with Gasteiger partial charge in [-0.05, 0) is 25.0 Å². The van der Waals surface area contributed by atoms with Crippen LogP contribution in [0, 0.1) is 18.3 Å². The largest absolute Gasteiger partial charge is 0.340 e. The highest BCUT2D eigenvalue weighted by Gasteiger charge is 2.04. The number of nitrogens with zero attached hydrogens (tertiary/aromatic N) is 3. The van der Waals surface area contributed by atoms with Crippen LogP contribution in [-0.4, -0.2) is 9.97 Å². The van der Waals surface area contributed by atoms with E-state index in [9.17, 15) is 0 Å². The zero-order valence-corrected chi connectivity index (χ0v) is 10.4. The van der Waals surface area contributed by atoms with Crippen LogP contribution < -0.4 is 5.32 Å². The molecule has 0 saturated carbocycles. The molecule has 2 rings (SSSR count). The van der Waals surface area contributed by atoms with Crippen molar-refractivity contribution < 1.29 is 0 Å². The van der Waals surface area contributed by atoms with Crippen LogP contribution in [-0.2, 0) is 6.42 Å². The van der Waals surface area contributed by atoms with Crippen LogP contribution >= 0.6 is 0 Å². The summed E-state index contributed by atoms with van der Waals surface area (Å²) in [5.74, 6) is 1.24. The van der Waals surface area contributed by atoms with Gasteiger partial charge in [-0.15, -0.1) is 0 Å².